The number of nitrogens with one attached hydrogen (secondary N) is 1. The molecule has 0 aliphatic rings. The number of amides is 1. The molecule has 1 amide bonds. The van der Waals surface area contributed by atoms with Crippen LogP contribution in [-0.2, 0) is 4.79 Å². The van der Waals surface area contributed by atoms with E-state index in [1.807, 2.05) is 12.1 Å². The van der Waals surface area contributed by atoms with Crippen LogP contribution in [0.5, 0.6) is 5.75 Å². The van der Waals surface area contributed by atoms with Crippen LogP contribution < -0.4 is 10.1 Å². The summed E-state index contributed by atoms with van der Waals surface area (Å²) in [5, 5.41) is 11.2. The summed E-state index contributed by atoms with van der Waals surface area (Å²) in [6.45, 7) is 0. The number of anilines is 1. The Morgan fingerprint density at radius 3 is 3.00 bits per heavy atom. The zero-order chi connectivity index (χ0) is 13.2. The first-order valence-electron chi connectivity index (χ1n) is 5.65. The zero-order valence-electron chi connectivity index (χ0n) is 10.3. The van der Waals surface area contributed by atoms with Gasteiger partial charge in [0.2, 0.25) is 5.91 Å². The quantitative estimate of drug-likeness (QED) is 0.769. The van der Waals surface area contributed by atoms with Gasteiger partial charge in [-0.1, -0.05) is 12.1 Å². The van der Waals surface area contributed by atoms with Crippen LogP contribution in [-0.4, -0.2) is 24.5 Å². The van der Waals surface area contributed by atoms with E-state index in [1.165, 1.54) is 11.8 Å². The number of unbranched alkanes of at least 4 members (excludes halogenated alkanes) is 1. The van der Waals surface area contributed by atoms with Crippen molar-refractivity contribution in [3.05, 3.63) is 24.3 Å². The number of para-hydroxylation sites is 2. The molecule has 96 valence electrons. The van der Waals surface area contributed by atoms with Gasteiger partial charge in [0.1, 0.15) is 5.75 Å². The molecule has 0 bridgehead atoms. The third kappa shape index (κ3) is 5.11. The Morgan fingerprint density at radius 2 is 2.28 bits per heavy atom. The first-order valence-corrected chi connectivity index (χ1v) is 6.81. The molecule has 4 nitrogen and oxygen atoms in total. The smallest absolute Gasteiger partial charge is 0.234 e. The van der Waals surface area contributed by atoms with Crippen molar-refractivity contribution in [1.29, 1.82) is 5.26 Å². The Balaban J connectivity index is 2.33. The van der Waals surface area contributed by atoms with Crippen LogP contribution in [0.25, 0.3) is 0 Å². The van der Waals surface area contributed by atoms with Crippen LogP contribution in [0.4, 0.5) is 5.69 Å². The lowest BCUT2D eigenvalue weighted by Gasteiger charge is -2.09. The van der Waals surface area contributed by atoms with Gasteiger partial charge in [-0.15, -0.1) is 0 Å². The number of carbonyl (C=O) groups excluding carboxylic acids is 1. The molecular weight excluding hydrogens is 248 g/mol. The van der Waals surface area contributed by atoms with E-state index in [4.69, 9.17) is 10.00 Å². The van der Waals surface area contributed by atoms with Crippen molar-refractivity contribution < 1.29 is 9.53 Å². The van der Waals surface area contributed by atoms with E-state index in [2.05, 4.69) is 11.4 Å². The highest BCUT2D eigenvalue weighted by molar-refractivity contribution is 7.99. The summed E-state index contributed by atoms with van der Waals surface area (Å²) >= 11 is 1.53. The Hall–Kier alpha value is -1.67. The largest absolute Gasteiger partial charge is 0.495 e. The maximum atomic E-state index is 11.7. The molecule has 1 rings (SSSR count). The highest BCUT2D eigenvalue weighted by atomic mass is 32.2. The number of methoxy groups -OCH3 is 1. The fourth-order valence-electron chi connectivity index (χ4n) is 1.35. The third-order valence-corrected chi connectivity index (χ3v) is 3.24. The predicted molar refractivity (Wildman–Crippen MR) is 73.8 cm³/mol. The van der Waals surface area contributed by atoms with Gasteiger partial charge in [-0.25, -0.2) is 0 Å². The summed E-state index contributed by atoms with van der Waals surface area (Å²) in [5.74, 6) is 1.82. The van der Waals surface area contributed by atoms with Gasteiger partial charge in [0, 0.05) is 6.42 Å². The molecular formula is C13H16N2O2S. The number of nitrogens with zero attached hydrogens (tertiary/aromatic N) is 1. The molecule has 18 heavy (non-hydrogen) atoms. The van der Waals surface area contributed by atoms with Crippen LogP contribution in [0.15, 0.2) is 24.3 Å². The van der Waals surface area contributed by atoms with Gasteiger partial charge in [-0.2, -0.15) is 17.0 Å². The Kier molecular flexibility index (Phi) is 6.74. The van der Waals surface area contributed by atoms with E-state index in [0.29, 0.717) is 23.6 Å². The van der Waals surface area contributed by atoms with E-state index in [-0.39, 0.29) is 5.91 Å². The van der Waals surface area contributed by atoms with E-state index in [1.54, 1.807) is 19.2 Å². The second kappa shape index (κ2) is 8.43. The molecule has 1 aromatic rings. The summed E-state index contributed by atoms with van der Waals surface area (Å²) < 4.78 is 5.15. The molecule has 0 heterocycles. The third-order valence-electron chi connectivity index (χ3n) is 2.19. The molecule has 1 aromatic carbocycles. The van der Waals surface area contributed by atoms with Gasteiger partial charge in [0.25, 0.3) is 0 Å². The number of rotatable bonds is 7. The molecule has 0 atom stereocenters. The molecule has 0 saturated carbocycles. The van der Waals surface area contributed by atoms with Crippen molar-refractivity contribution in [2.75, 3.05) is 23.9 Å². The van der Waals surface area contributed by atoms with Crippen molar-refractivity contribution in [3.8, 4) is 11.8 Å². The minimum atomic E-state index is -0.0542. The summed E-state index contributed by atoms with van der Waals surface area (Å²) in [6, 6.07) is 9.38. The number of nitriles is 1. The van der Waals surface area contributed by atoms with Crippen molar-refractivity contribution in [1.82, 2.24) is 0 Å². The second-order valence-electron chi connectivity index (χ2n) is 3.56. The molecule has 0 spiro atoms. The van der Waals surface area contributed by atoms with Gasteiger partial charge in [-0.05, 0) is 24.3 Å². The summed E-state index contributed by atoms with van der Waals surface area (Å²) in [5.41, 5.74) is 0.683. The van der Waals surface area contributed by atoms with Crippen molar-refractivity contribution >= 4 is 23.4 Å². The van der Waals surface area contributed by atoms with E-state index < -0.39 is 0 Å². The van der Waals surface area contributed by atoms with Gasteiger partial charge in [0.05, 0.1) is 24.6 Å². The number of ether oxygens (including phenoxy) is 1. The second-order valence-corrected chi connectivity index (χ2v) is 4.67. The lowest BCUT2D eigenvalue weighted by molar-refractivity contribution is -0.113. The molecule has 0 fully saturated rings. The Bertz CT molecular complexity index is 429. The van der Waals surface area contributed by atoms with E-state index in [9.17, 15) is 4.79 Å². The molecule has 0 aliphatic carbocycles. The first kappa shape index (κ1) is 14.4. The summed E-state index contributed by atoms with van der Waals surface area (Å²) in [7, 11) is 1.57. The topological polar surface area (TPSA) is 62.1 Å². The molecule has 0 radical (unpaired) electrons. The number of thioether (sulfide) groups is 1. The maximum absolute atomic E-state index is 11.7. The molecule has 0 saturated heterocycles. The monoisotopic (exact) mass is 264 g/mol. The minimum Gasteiger partial charge on any atom is -0.495 e. The average Bonchev–Trinajstić information content (AvgIpc) is 2.39. The number of carbonyl (C=O) groups is 1. The van der Waals surface area contributed by atoms with Gasteiger partial charge in [-0.3, -0.25) is 4.79 Å². The fraction of sp³-hybridized carbons (Fsp3) is 0.385. The van der Waals surface area contributed by atoms with Crippen molar-refractivity contribution in [3.63, 3.8) is 0 Å². The molecule has 1 N–H and O–H groups in total. The summed E-state index contributed by atoms with van der Waals surface area (Å²) in [6.07, 6.45) is 1.37. The number of hydrogen-bond acceptors (Lipinski definition) is 4. The normalized spacial score (nSPS) is 9.56. The maximum Gasteiger partial charge on any atom is 0.234 e. The van der Waals surface area contributed by atoms with E-state index >= 15 is 0 Å². The fourth-order valence-corrected chi connectivity index (χ4v) is 2.10. The van der Waals surface area contributed by atoms with Gasteiger partial charge >= 0.3 is 0 Å². The zero-order valence-corrected chi connectivity index (χ0v) is 11.1. The van der Waals surface area contributed by atoms with Crippen molar-refractivity contribution in [2.45, 2.75) is 12.8 Å². The molecule has 5 heteroatoms. The van der Waals surface area contributed by atoms with Crippen LogP contribution >= 0.6 is 11.8 Å². The summed E-state index contributed by atoms with van der Waals surface area (Å²) in [4.78, 5) is 11.7. The highest BCUT2D eigenvalue weighted by Gasteiger charge is 2.06. The standard InChI is InChI=1S/C13H16N2O2S/c1-17-12-7-3-2-6-11(12)15-13(16)10-18-9-5-4-8-14/h2-3,6-7H,4-5,9-10H2,1H3,(H,15,16). The van der Waals surface area contributed by atoms with Crippen LogP contribution in [0, 0.1) is 11.3 Å². The van der Waals surface area contributed by atoms with E-state index in [0.717, 1.165) is 12.2 Å². The molecule has 0 aromatic heterocycles. The van der Waals surface area contributed by atoms with Gasteiger partial charge < -0.3 is 10.1 Å². The predicted octanol–water partition coefficient (Wildman–Crippen LogP) is 2.67. The molecule has 0 aliphatic heterocycles. The molecule has 0 unspecified atom stereocenters. The lowest BCUT2D eigenvalue weighted by Crippen LogP contribution is -2.14. The minimum absolute atomic E-state index is 0.0542. The lowest BCUT2D eigenvalue weighted by atomic mass is 10.3. The number of hydrogen-bond donors (Lipinski definition) is 1. The van der Waals surface area contributed by atoms with Crippen LogP contribution in [0.2, 0.25) is 0 Å². The van der Waals surface area contributed by atoms with Crippen molar-refractivity contribution in [2.24, 2.45) is 0 Å². The Morgan fingerprint density at radius 1 is 1.50 bits per heavy atom. The SMILES string of the molecule is COc1ccccc1NC(=O)CSCCCC#N. The van der Waals surface area contributed by atoms with Crippen LogP contribution in [0.3, 0.4) is 0 Å². The average molecular weight is 264 g/mol. The van der Waals surface area contributed by atoms with Gasteiger partial charge in [0.15, 0.2) is 0 Å². The Labute approximate surface area is 111 Å². The van der Waals surface area contributed by atoms with Crippen LogP contribution in [0.1, 0.15) is 12.8 Å². The first-order chi connectivity index (χ1) is 8.77. The number of benzene rings is 1. The highest BCUT2D eigenvalue weighted by Crippen LogP contribution is 2.23.